The van der Waals surface area contributed by atoms with Crippen molar-refractivity contribution in [1.29, 1.82) is 0 Å². The molecule has 0 amide bonds. The van der Waals surface area contributed by atoms with E-state index in [4.69, 9.17) is 11.6 Å². The average molecular weight is 340 g/mol. The van der Waals surface area contributed by atoms with Crippen molar-refractivity contribution >= 4 is 27.5 Å². The number of aryl methyl sites for hydroxylation is 1. The van der Waals surface area contributed by atoms with Crippen LogP contribution in [0.1, 0.15) is 42.4 Å². The molecule has 0 fully saturated rings. The summed E-state index contributed by atoms with van der Waals surface area (Å²) in [4.78, 5) is 9.00. The molecule has 4 heteroatoms. The highest BCUT2D eigenvalue weighted by Crippen LogP contribution is 2.26. The Morgan fingerprint density at radius 2 is 1.89 bits per heavy atom. The van der Waals surface area contributed by atoms with Crippen LogP contribution in [0.25, 0.3) is 0 Å². The molecule has 0 aliphatic heterocycles. The van der Waals surface area contributed by atoms with Crippen LogP contribution in [0.4, 0.5) is 0 Å². The minimum Gasteiger partial charge on any atom is -0.237 e. The third-order valence-corrected chi connectivity index (χ3v) is 4.08. The molecular formula is C15H16BrClN2. The van der Waals surface area contributed by atoms with Crippen LogP contribution in [-0.2, 0) is 6.42 Å². The lowest BCUT2D eigenvalue weighted by Gasteiger charge is -2.12. The van der Waals surface area contributed by atoms with E-state index in [1.165, 1.54) is 0 Å². The van der Waals surface area contributed by atoms with Gasteiger partial charge in [0.15, 0.2) is 0 Å². The Morgan fingerprint density at radius 3 is 2.47 bits per heavy atom. The van der Waals surface area contributed by atoms with E-state index in [2.05, 4.69) is 45.8 Å². The molecule has 0 saturated heterocycles. The Balaban J connectivity index is 2.35. The van der Waals surface area contributed by atoms with Crippen molar-refractivity contribution in [2.75, 3.05) is 0 Å². The first-order valence-electron chi connectivity index (χ1n) is 6.25. The molecule has 2 rings (SSSR count). The predicted molar refractivity (Wildman–Crippen MR) is 82.8 cm³/mol. The molecule has 0 spiro atoms. The van der Waals surface area contributed by atoms with Crippen LogP contribution >= 0.6 is 27.5 Å². The van der Waals surface area contributed by atoms with Crippen LogP contribution in [0.3, 0.4) is 0 Å². The van der Waals surface area contributed by atoms with Gasteiger partial charge in [0.1, 0.15) is 11.0 Å². The number of hydrogen-bond donors (Lipinski definition) is 0. The van der Waals surface area contributed by atoms with Crippen LogP contribution in [0.5, 0.6) is 0 Å². The number of rotatable bonds is 3. The zero-order chi connectivity index (χ0) is 14.0. The van der Waals surface area contributed by atoms with Gasteiger partial charge in [0.05, 0.1) is 0 Å². The van der Waals surface area contributed by atoms with Gasteiger partial charge in [-0.15, -0.1) is 0 Å². The topological polar surface area (TPSA) is 25.8 Å². The molecule has 0 saturated carbocycles. The van der Waals surface area contributed by atoms with E-state index in [1.807, 2.05) is 25.1 Å². The zero-order valence-electron chi connectivity index (χ0n) is 11.2. The fraction of sp³-hybridized carbons (Fsp3) is 0.333. The second-order valence-corrected chi connectivity index (χ2v) is 6.06. The summed E-state index contributed by atoms with van der Waals surface area (Å²) in [7, 11) is 0. The highest BCUT2D eigenvalue weighted by Gasteiger charge is 2.13. The fourth-order valence-electron chi connectivity index (χ4n) is 2.15. The van der Waals surface area contributed by atoms with Crippen molar-refractivity contribution < 1.29 is 0 Å². The van der Waals surface area contributed by atoms with Crippen molar-refractivity contribution in [1.82, 2.24) is 9.97 Å². The molecule has 0 aliphatic carbocycles. The van der Waals surface area contributed by atoms with Crippen LogP contribution in [-0.4, -0.2) is 9.97 Å². The Kier molecular flexibility index (Phi) is 4.58. The van der Waals surface area contributed by atoms with Gasteiger partial charge < -0.3 is 0 Å². The van der Waals surface area contributed by atoms with Crippen molar-refractivity contribution in [2.45, 2.75) is 33.1 Å². The number of benzene rings is 1. The highest BCUT2D eigenvalue weighted by molar-refractivity contribution is 9.10. The summed E-state index contributed by atoms with van der Waals surface area (Å²) in [5.41, 5.74) is 3.17. The average Bonchev–Trinajstić information content (AvgIpc) is 2.30. The van der Waals surface area contributed by atoms with E-state index in [-0.39, 0.29) is 0 Å². The zero-order valence-corrected chi connectivity index (χ0v) is 13.6. The SMILES string of the molecule is Cc1nc(Cc2ccccc2Br)nc(Cl)c1C(C)C. The minimum absolute atomic E-state index is 0.338. The standard InChI is InChI=1S/C15H16BrClN2/c1-9(2)14-10(3)18-13(19-15(14)17)8-11-6-4-5-7-12(11)16/h4-7,9H,8H2,1-3H3. The molecule has 1 aromatic heterocycles. The van der Waals surface area contributed by atoms with Gasteiger partial charge in [0, 0.05) is 22.2 Å². The molecule has 19 heavy (non-hydrogen) atoms. The van der Waals surface area contributed by atoms with Gasteiger partial charge in [-0.25, -0.2) is 9.97 Å². The summed E-state index contributed by atoms with van der Waals surface area (Å²) in [5.74, 6) is 1.10. The van der Waals surface area contributed by atoms with E-state index in [9.17, 15) is 0 Å². The van der Waals surface area contributed by atoms with Crippen LogP contribution in [0.2, 0.25) is 5.15 Å². The quantitative estimate of drug-likeness (QED) is 0.742. The maximum atomic E-state index is 6.27. The first-order valence-corrected chi connectivity index (χ1v) is 7.42. The van der Waals surface area contributed by atoms with Crippen molar-refractivity contribution in [3.8, 4) is 0 Å². The number of nitrogens with zero attached hydrogens (tertiary/aromatic N) is 2. The van der Waals surface area contributed by atoms with E-state index < -0.39 is 0 Å². The van der Waals surface area contributed by atoms with Gasteiger partial charge in [-0.1, -0.05) is 59.6 Å². The van der Waals surface area contributed by atoms with Crippen molar-refractivity contribution in [3.05, 3.63) is 56.5 Å². The summed E-state index contributed by atoms with van der Waals surface area (Å²) < 4.78 is 1.07. The molecular weight excluding hydrogens is 324 g/mol. The lowest BCUT2D eigenvalue weighted by atomic mass is 10.0. The van der Waals surface area contributed by atoms with Crippen LogP contribution in [0.15, 0.2) is 28.7 Å². The van der Waals surface area contributed by atoms with Crippen molar-refractivity contribution in [3.63, 3.8) is 0 Å². The molecule has 100 valence electrons. The third-order valence-electron chi connectivity index (χ3n) is 3.02. The highest BCUT2D eigenvalue weighted by atomic mass is 79.9. The van der Waals surface area contributed by atoms with Gasteiger partial charge in [0.25, 0.3) is 0 Å². The predicted octanol–water partition coefficient (Wildman–Crippen LogP) is 4.92. The molecule has 0 radical (unpaired) electrons. The van der Waals surface area contributed by atoms with E-state index in [0.717, 1.165) is 27.1 Å². The molecule has 1 heterocycles. The summed E-state index contributed by atoms with van der Waals surface area (Å²) in [6.45, 7) is 6.20. The summed E-state index contributed by atoms with van der Waals surface area (Å²) in [5, 5.41) is 0.574. The van der Waals surface area contributed by atoms with Crippen molar-refractivity contribution in [2.24, 2.45) is 0 Å². The summed E-state index contributed by atoms with van der Waals surface area (Å²) in [6.07, 6.45) is 0.681. The molecule has 2 nitrogen and oxygen atoms in total. The summed E-state index contributed by atoms with van der Waals surface area (Å²) >= 11 is 9.81. The van der Waals surface area contributed by atoms with E-state index in [0.29, 0.717) is 17.5 Å². The number of halogens is 2. The minimum atomic E-state index is 0.338. The fourth-order valence-corrected chi connectivity index (χ4v) is 3.03. The second kappa shape index (κ2) is 6.02. The lowest BCUT2D eigenvalue weighted by Crippen LogP contribution is -2.05. The molecule has 0 atom stereocenters. The number of hydrogen-bond acceptors (Lipinski definition) is 2. The molecule has 1 aromatic carbocycles. The second-order valence-electron chi connectivity index (χ2n) is 4.85. The largest absolute Gasteiger partial charge is 0.237 e. The van der Waals surface area contributed by atoms with E-state index >= 15 is 0 Å². The molecule has 0 unspecified atom stereocenters. The van der Waals surface area contributed by atoms with E-state index in [1.54, 1.807) is 0 Å². The molecule has 0 aliphatic rings. The van der Waals surface area contributed by atoms with Gasteiger partial charge in [-0.05, 0) is 24.5 Å². The number of aromatic nitrogens is 2. The molecule has 0 bridgehead atoms. The Labute approximate surface area is 127 Å². The molecule has 2 aromatic rings. The lowest BCUT2D eigenvalue weighted by molar-refractivity contribution is 0.810. The summed E-state index contributed by atoms with van der Waals surface area (Å²) in [6, 6.07) is 8.09. The Morgan fingerprint density at radius 1 is 1.21 bits per heavy atom. The van der Waals surface area contributed by atoms with Gasteiger partial charge >= 0.3 is 0 Å². The first-order chi connectivity index (χ1) is 8.99. The molecule has 0 N–H and O–H groups in total. The van der Waals surface area contributed by atoms with Gasteiger partial charge in [-0.3, -0.25) is 0 Å². The first kappa shape index (κ1) is 14.5. The smallest absolute Gasteiger partial charge is 0.136 e. The maximum absolute atomic E-state index is 6.27. The Bertz CT molecular complexity index is 573. The van der Waals surface area contributed by atoms with Crippen LogP contribution < -0.4 is 0 Å². The Hall–Kier alpha value is -0.930. The van der Waals surface area contributed by atoms with Gasteiger partial charge in [-0.2, -0.15) is 0 Å². The normalized spacial score (nSPS) is 11.1. The maximum Gasteiger partial charge on any atom is 0.136 e. The van der Waals surface area contributed by atoms with Crippen LogP contribution in [0, 0.1) is 6.92 Å². The third kappa shape index (κ3) is 3.34. The van der Waals surface area contributed by atoms with Gasteiger partial charge in [0.2, 0.25) is 0 Å². The monoisotopic (exact) mass is 338 g/mol.